The molecule has 0 amide bonds. The first-order valence-electron chi connectivity index (χ1n) is 7.23. The summed E-state index contributed by atoms with van der Waals surface area (Å²) in [4.78, 5) is 16.9. The van der Waals surface area contributed by atoms with Crippen LogP contribution in [0, 0.1) is 0 Å². The third-order valence-corrected chi connectivity index (χ3v) is 4.06. The zero-order valence-electron chi connectivity index (χ0n) is 12.1. The monoisotopic (exact) mass is 305 g/mol. The van der Waals surface area contributed by atoms with E-state index in [1.54, 1.807) is 11.3 Å². The van der Waals surface area contributed by atoms with Crippen LogP contribution in [0.25, 0.3) is 10.7 Å². The predicted molar refractivity (Wildman–Crippen MR) is 85.0 cm³/mol. The Bertz CT molecular complexity index is 569. The largest absolute Gasteiger partial charge is 0.378 e. The topological polar surface area (TPSA) is 63.2 Å². The smallest absolute Gasteiger partial charge is 0.230 e. The quantitative estimate of drug-likeness (QED) is 0.914. The number of aromatic nitrogens is 3. The van der Waals surface area contributed by atoms with Crippen LogP contribution >= 0.6 is 11.3 Å². The summed E-state index contributed by atoms with van der Waals surface area (Å²) in [6.45, 7) is 6.06. The summed E-state index contributed by atoms with van der Waals surface area (Å²) in [7, 11) is 0. The number of nitrogens with one attached hydrogen (secondary N) is 1. The molecule has 1 N–H and O–H groups in total. The van der Waals surface area contributed by atoms with E-state index >= 15 is 0 Å². The van der Waals surface area contributed by atoms with E-state index < -0.39 is 0 Å². The van der Waals surface area contributed by atoms with Crippen molar-refractivity contribution < 1.29 is 4.74 Å². The van der Waals surface area contributed by atoms with Gasteiger partial charge in [-0.1, -0.05) is 13.0 Å². The Hall–Kier alpha value is -1.73. The summed E-state index contributed by atoms with van der Waals surface area (Å²) in [6, 6.07) is 4.05. The maximum atomic E-state index is 5.39. The van der Waals surface area contributed by atoms with Gasteiger partial charge in [-0.15, -0.1) is 11.3 Å². The second kappa shape index (κ2) is 6.82. The Morgan fingerprint density at radius 1 is 1.29 bits per heavy atom. The van der Waals surface area contributed by atoms with E-state index in [9.17, 15) is 0 Å². The molecule has 1 aliphatic rings. The van der Waals surface area contributed by atoms with E-state index in [1.165, 1.54) is 0 Å². The van der Waals surface area contributed by atoms with E-state index in [1.807, 2.05) is 17.5 Å². The SMILES string of the molecule is CCCNc1nc(-c2cccs2)nc(N2CCOCC2)n1. The fourth-order valence-electron chi connectivity index (χ4n) is 2.10. The van der Waals surface area contributed by atoms with E-state index in [4.69, 9.17) is 4.74 Å². The maximum Gasteiger partial charge on any atom is 0.230 e. The van der Waals surface area contributed by atoms with E-state index in [0.29, 0.717) is 5.95 Å². The normalized spacial score (nSPS) is 15.2. The van der Waals surface area contributed by atoms with Gasteiger partial charge in [-0.05, 0) is 17.9 Å². The molecule has 21 heavy (non-hydrogen) atoms. The summed E-state index contributed by atoms with van der Waals surface area (Å²) in [6.07, 6.45) is 1.03. The van der Waals surface area contributed by atoms with Gasteiger partial charge in [0.25, 0.3) is 0 Å². The van der Waals surface area contributed by atoms with Crippen molar-refractivity contribution in [2.24, 2.45) is 0 Å². The zero-order chi connectivity index (χ0) is 14.5. The lowest BCUT2D eigenvalue weighted by atomic mass is 10.4. The highest BCUT2D eigenvalue weighted by atomic mass is 32.1. The highest BCUT2D eigenvalue weighted by Crippen LogP contribution is 2.24. The molecule has 112 valence electrons. The number of hydrogen-bond donors (Lipinski definition) is 1. The summed E-state index contributed by atoms with van der Waals surface area (Å²) in [5, 5.41) is 5.30. The molecule has 0 radical (unpaired) electrons. The van der Waals surface area contributed by atoms with Gasteiger partial charge in [0.2, 0.25) is 11.9 Å². The molecule has 0 saturated carbocycles. The van der Waals surface area contributed by atoms with Gasteiger partial charge in [-0.25, -0.2) is 0 Å². The second-order valence-electron chi connectivity index (χ2n) is 4.79. The highest BCUT2D eigenvalue weighted by molar-refractivity contribution is 7.13. The molecule has 1 saturated heterocycles. The number of nitrogens with zero attached hydrogens (tertiary/aromatic N) is 4. The molecule has 6 nitrogen and oxygen atoms in total. The number of thiophene rings is 1. The average molecular weight is 305 g/mol. The first-order valence-corrected chi connectivity index (χ1v) is 8.11. The molecule has 0 aromatic carbocycles. The van der Waals surface area contributed by atoms with Gasteiger partial charge < -0.3 is 15.0 Å². The Balaban J connectivity index is 1.92. The van der Waals surface area contributed by atoms with Crippen molar-refractivity contribution in [1.82, 2.24) is 15.0 Å². The Kier molecular flexibility index (Phi) is 4.62. The van der Waals surface area contributed by atoms with Crippen LogP contribution in [-0.2, 0) is 4.74 Å². The van der Waals surface area contributed by atoms with Crippen LogP contribution in [0.5, 0.6) is 0 Å². The molecule has 7 heteroatoms. The van der Waals surface area contributed by atoms with E-state index in [-0.39, 0.29) is 0 Å². The molecule has 2 aromatic rings. The lowest BCUT2D eigenvalue weighted by Gasteiger charge is -2.27. The van der Waals surface area contributed by atoms with Gasteiger partial charge in [-0.3, -0.25) is 0 Å². The van der Waals surface area contributed by atoms with Crippen molar-refractivity contribution >= 4 is 23.2 Å². The molecule has 2 aromatic heterocycles. The molecular weight excluding hydrogens is 286 g/mol. The van der Waals surface area contributed by atoms with Gasteiger partial charge >= 0.3 is 0 Å². The molecule has 0 aliphatic carbocycles. The first kappa shape index (κ1) is 14.2. The Morgan fingerprint density at radius 2 is 2.14 bits per heavy atom. The standard InChI is InChI=1S/C14H19N5OS/c1-2-5-15-13-16-12(11-4-3-10-21-11)17-14(18-13)19-6-8-20-9-7-19/h3-4,10H,2,5-9H2,1H3,(H,15,16,17,18). The van der Waals surface area contributed by atoms with Gasteiger partial charge in [0.1, 0.15) is 0 Å². The van der Waals surface area contributed by atoms with E-state index in [0.717, 1.165) is 55.9 Å². The minimum Gasteiger partial charge on any atom is -0.378 e. The van der Waals surface area contributed by atoms with Gasteiger partial charge in [0, 0.05) is 19.6 Å². The van der Waals surface area contributed by atoms with Crippen LogP contribution in [0.4, 0.5) is 11.9 Å². The third-order valence-electron chi connectivity index (χ3n) is 3.19. The highest BCUT2D eigenvalue weighted by Gasteiger charge is 2.17. The maximum absolute atomic E-state index is 5.39. The van der Waals surface area contributed by atoms with Crippen LogP contribution < -0.4 is 10.2 Å². The van der Waals surface area contributed by atoms with Crippen LogP contribution in [0.3, 0.4) is 0 Å². The number of hydrogen-bond acceptors (Lipinski definition) is 7. The number of rotatable bonds is 5. The van der Waals surface area contributed by atoms with Crippen LogP contribution in [-0.4, -0.2) is 47.8 Å². The van der Waals surface area contributed by atoms with Crippen LogP contribution in [0.1, 0.15) is 13.3 Å². The average Bonchev–Trinajstić information content (AvgIpc) is 3.08. The van der Waals surface area contributed by atoms with Crippen molar-refractivity contribution in [1.29, 1.82) is 0 Å². The number of morpholine rings is 1. The fourth-order valence-corrected chi connectivity index (χ4v) is 2.76. The van der Waals surface area contributed by atoms with Crippen LogP contribution in [0.2, 0.25) is 0 Å². The number of ether oxygens (including phenoxy) is 1. The summed E-state index contributed by atoms with van der Waals surface area (Å²) < 4.78 is 5.39. The summed E-state index contributed by atoms with van der Waals surface area (Å²) in [5.74, 6) is 2.12. The van der Waals surface area contributed by atoms with Crippen molar-refractivity contribution in [2.75, 3.05) is 43.1 Å². The van der Waals surface area contributed by atoms with Gasteiger partial charge in [0.05, 0.1) is 18.1 Å². The minimum absolute atomic E-state index is 0.650. The zero-order valence-corrected chi connectivity index (χ0v) is 12.9. The first-order chi connectivity index (χ1) is 10.4. The van der Waals surface area contributed by atoms with Crippen molar-refractivity contribution in [3.8, 4) is 10.7 Å². The lowest BCUT2D eigenvalue weighted by Crippen LogP contribution is -2.37. The Morgan fingerprint density at radius 3 is 2.86 bits per heavy atom. The molecule has 0 bridgehead atoms. The van der Waals surface area contributed by atoms with Gasteiger partial charge in [0.15, 0.2) is 5.82 Å². The molecule has 0 unspecified atom stereocenters. The van der Waals surface area contributed by atoms with Crippen LogP contribution in [0.15, 0.2) is 17.5 Å². The molecule has 0 atom stereocenters. The molecular formula is C14H19N5OS. The van der Waals surface area contributed by atoms with Crippen molar-refractivity contribution in [2.45, 2.75) is 13.3 Å². The fraction of sp³-hybridized carbons (Fsp3) is 0.500. The third kappa shape index (κ3) is 3.48. The molecule has 3 heterocycles. The molecule has 0 spiro atoms. The minimum atomic E-state index is 0.650. The number of anilines is 2. The molecule has 3 rings (SSSR count). The van der Waals surface area contributed by atoms with Crippen molar-refractivity contribution in [3.63, 3.8) is 0 Å². The Labute approximate surface area is 128 Å². The summed E-state index contributed by atoms with van der Waals surface area (Å²) in [5.41, 5.74) is 0. The second-order valence-corrected chi connectivity index (χ2v) is 5.73. The predicted octanol–water partition coefficient (Wildman–Crippen LogP) is 2.26. The molecule has 1 fully saturated rings. The molecule has 1 aliphatic heterocycles. The van der Waals surface area contributed by atoms with Gasteiger partial charge in [-0.2, -0.15) is 15.0 Å². The lowest BCUT2D eigenvalue weighted by molar-refractivity contribution is 0.122. The summed E-state index contributed by atoms with van der Waals surface area (Å²) >= 11 is 1.64. The van der Waals surface area contributed by atoms with E-state index in [2.05, 4.69) is 32.1 Å². The van der Waals surface area contributed by atoms with Crippen molar-refractivity contribution in [3.05, 3.63) is 17.5 Å².